The standard InChI is InChI=1S/C8H8O3S/c9-7-12(10,11)6-8-4-2-1-3-5-8/h1-5,7H,6H2. The van der Waals surface area contributed by atoms with Crippen molar-refractivity contribution in [3.8, 4) is 0 Å². The molecule has 0 aliphatic carbocycles. The molecule has 0 saturated carbocycles. The molecule has 0 aliphatic rings. The molecule has 0 N–H and O–H groups in total. The summed E-state index contributed by atoms with van der Waals surface area (Å²) in [7, 11) is -3.55. The van der Waals surface area contributed by atoms with Crippen molar-refractivity contribution in [1.82, 2.24) is 0 Å². The van der Waals surface area contributed by atoms with Gasteiger partial charge in [0.25, 0.3) is 0 Å². The summed E-state index contributed by atoms with van der Waals surface area (Å²) in [5.41, 5.74) is 0.615. The van der Waals surface area contributed by atoms with Crippen LogP contribution < -0.4 is 0 Å². The molecular formula is C8H8O3S. The van der Waals surface area contributed by atoms with Gasteiger partial charge in [0.1, 0.15) is 0 Å². The molecule has 0 spiro atoms. The maximum Gasteiger partial charge on any atom is 0.234 e. The Morgan fingerprint density at radius 1 is 1.17 bits per heavy atom. The van der Waals surface area contributed by atoms with Crippen molar-refractivity contribution in [1.29, 1.82) is 0 Å². The van der Waals surface area contributed by atoms with Crippen LogP contribution in [0.2, 0.25) is 0 Å². The molecule has 0 radical (unpaired) electrons. The lowest BCUT2D eigenvalue weighted by Crippen LogP contribution is -2.04. The fourth-order valence-corrected chi connectivity index (χ4v) is 1.57. The first kappa shape index (κ1) is 8.93. The number of hydrogen-bond acceptors (Lipinski definition) is 3. The monoisotopic (exact) mass is 184 g/mol. The first-order chi connectivity index (χ1) is 5.64. The summed E-state index contributed by atoms with van der Waals surface area (Å²) >= 11 is 0. The Morgan fingerprint density at radius 3 is 2.25 bits per heavy atom. The molecule has 0 fully saturated rings. The lowest BCUT2D eigenvalue weighted by atomic mass is 10.2. The maximum absolute atomic E-state index is 10.8. The van der Waals surface area contributed by atoms with E-state index in [2.05, 4.69) is 0 Å². The SMILES string of the molecule is O=CS(=O)(=O)Cc1ccccc1. The van der Waals surface area contributed by atoms with Crippen molar-refractivity contribution < 1.29 is 13.2 Å². The first-order valence-corrected chi connectivity index (χ1v) is 5.07. The summed E-state index contributed by atoms with van der Waals surface area (Å²) in [4.78, 5) is 10.0. The van der Waals surface area contributed by atoms with Gasteiger partial charge in [0.2, 0.25) is 15.5 Å². The minimum atomic E-state index is -3.55. The minimum Gasteiger partial charge on any atom is -0.285 e. The number of hydrogen-bond donors (Lipinski definition) is 0. The normalized spacial score (nSPS) is 11.0. The van der Waals surface area contributed by atoms with Crippen molar-refractivity contribution in [2.75, 3.05) is 0 Å². The zero-order chi connectivity index (χ0) is 9.03. The van der Waals surface area contributed by atoms with Crippen molar-refractivity contribution in [3.63, 3.8) is 0 Å². The summed E-state index contributed by atoms with van der Waals surface area (Å²) in [6.45, 7) is 0. The Balaban J connectivity index is 2.85. The molecule has 0 amide bonds. The highest BCUT2D eigenvalue weighted by Gasteiger charge is 2.08. The van der Waals surface area contributed by atoms with Gasteiger partial charge in [-0.1, -0.05) is 30.3 Å². The zero-order valence-corrected chi connectivity index (χ0v) is 7.12. The van der Waals surface area contributed by atoms with E-state index in [9.17, 15) is 13.2 Å². The smallest absolute Gasteiger partial charge is 0.234 e. The highest BCUT2D eigenvalue weighted by Crippen LogP contribution is 2.03. The molecule has 0 aliphatic heterocycles. The molecule has 0 unspecified atom stereocenters. The van der Waals surface area contributed by atoms with E-state index in [4.69, 9.17) is 0 Å². The van der Waals surface area contributed by atoms with E-state index in [-0.39, 0.29) is 11.4 Å². The fourth-order valence-electron chi connectivity index (χ4n) is 0.841. The molecule has 0 atom stereocenters. The number of carbonyl (C=O) groups excluding carboxylic acids is 1. The molecule has 1 rings (SSSR count). The quantitative estimate of drug-likeness (QED) is 0.652. The average Bonchev–Trinajstić information content (AvgIpc) is 2.06. The van der Waals surface area contributed by atoms with Crippen LogP contribution in [0.4, 0.5) is 0 Å². The molecule has 0 aromatic heterocycles. The Kier molecular flexibility index (Phi) is 2.60. The van der Waals surface area contributed by atoms with Gasteiger partial charge in [-0.2, -0.15) is 0 Å². The predicted octanol–water partition coefficient (Wildman–Crippen LogP) is 0.792. The third-order valence-electron chi connectivity index (χ3n) is 1.36. The van der Waals surface area contributed by atoms with Crippen LogP contribution in [0, 0.1) is 0 Å². The lowest BCUT2D eigenvalue weighted by Gasteiger charge is -1.95. The second-order valence-electron chi connectivity index (χ2n) is 2.39. The van der Waals surface area contributed by atoms with Crippen molar-refractivity contribution in [2.24, 2.45) is 0 Å². The Morgan fingerprint density at radius 2 is 1.75 bits per heavy atom. The van der Waals surface area contributed by atoms with Crippen LogP contribution in [0.3, 0.4) is 0 Å². The van der Waals surface area contributed by atoms with E-state index in [1.54, 1.807) is 30.3 Å². The molecule has 12 heavy (non-hydrogen) atoms. The van der Waals surface area contributed by atoms with Gasteiger partial charge in [-0.15, -0.1) is 0 Å². The van der Waals surface area contributed by atoms with Gasteiger partial charge in [0.05, 0.1) is 5.75 Å². The highest BCUT2D eigenvalue weighted by atomic mass is 32.2. The predicted molar refractivity (Wildman–Crippen MR) is 45.8 cm³/mol. The second-order valence-corrected chi connectivity index (χ2v) is 4.20. The van der Waals surface area contributed by atoms with Crippen LogP contribution >= 0.6 is 0 Å². The molecule has 4 heteroatoms. The van der Waals surface area contributed by atoms with Gasteiger partial charge >= 0.3 is 0 Å². The van der Waals surface area contributed by atoms with Crippen molar-refractivity contribution in [3.05, 3.63) is 35.9 Å². The van der Waals surface area contributed by atoms with Gasteiger partial charge in [0.15, 0.2) is 0 Å². The van der Waals surface area contributed by atoms with Crippen LogP contribution in [0.25, 0.3) is 0 Å². The molecule has 3 nitrogen and oxygen atoms in total. The van der Waals surface area contributed by atoms with Gasteiger partial charge < -0.3 is 0 Å². The average molecular weight is 184 g/mol. The summed E-state index contributed by atoms with van der Waals surface area (Å²) < 4.78 is 21.6. The minimum absolute atomic E-state index is 0.0139. The molecule has 0 saturated heterocycles. The van der Waals surface area contributed by atoms with Crippen LogP contribution in [0.5, 0.6) is 0 Å². The number of benzene rings is 1. The van der Waals surface area contributed by atoms with Crippen LogP contribution in [0.1, 0.15) is 5.56 Å². The summed E-state index contributed by atoms with van der Waals surface area (Å²) in [6, 6.07) is 8.59. The van der Waals surface area contributed by atoms with Gasteiger partial charge in [-0.25, -0.2) is 8.42 Å². The number of carbonyl (C=O) groups is 1. The van der Waals surface area contributed by atoms with Crippen molar-refractivity contribution in [2.45, 2.75) is 5.75 Å². The van der Waals surface area contributed by atoms with E-state index in [0.717, 1.165) is 0 Å². The third kappa shape index (κ3) is 2.47. The Labute approximate surface area is 70.9 Å². The molecule has 0 heterocycles. The lowest BCUT2D eigenvalue weighted by molar-refractivity contribution is 0.556. The zero-order valence-electron chi connectivity index (χ0n) is 6.30. The summed E-state index contributed by atoms with van der Waals surface area (Å²) in [5.74, 6) is -0.211. The second kappa shape index (κ2) is 3.49. The topological polar surface area (TPSA) is 51.2 Å². The van der Waals surface area contributed by atoms with Crippen LogP contribution in [0.15, 0.2) is 30.3 Å². The van der Waals surface area contributed by atoms with Crippen LogP contribution in [-0.2, 0) is 20.4 Å². The highest BCUT2D eigenvalue weighted by molar-refractivity contribution is 8.03. The fraction of sp³-hybridized carbons (Fsp3) is 0.125. The molecular weight excluding hydrogens is 176 g/mol. The van der Waals surface area contributed by atoms with Crippen LogP contribution in [-0.4, -0.2) is 14.0 Å². The van der Waals surface area contributed by atoms with E-state index in [0.29, 0.717) is 5.56 Å². The molecule has 1 aromatic rings. The Bertz CT molecular complexity index is 353. The van der Waals surface area contributed by atoms with E-state index >= 15 is 0 Å². The molecule has 1 aromatic carbocycles. The third-order valence-corrected chi connectivity index (χ3v) is 2.39. The summed E-state index contributed by atoms with van der Waals surface area (Å²) in [6.07, 6.45) is 0. The first-order valence-electron chi connectivity index (χ1n) is 3.36. The van der Waals surface area contributed by atoms with Gasteiger partial charge in [-0.3, -0.25) is 4.79 Å². The van der Waals surface area contributed by atoms with E-state index < -0.39 is 9.84 Å². The largest absolute Gasteiger partial charge is 0.285 e. The molecule has 0 bridgehead atoms. The van der Waals surface area contributed by atoms with Gasteiger partial charge in [-0.05, 0) is 5.56 Å². The van der Waals surface area contributed by atoms with Crippen molar-refractivity contribution >= 4 is 15.5 Å². The maximum atomic E-state index is 10.8. The van der Waals surface area contributed by atoms with E-state index in [1.807, 2.05) is 0 Å². The Hall–Kier alpha value is -1.16. The number of rotatable bonds is 3. The van der Waals surface area contributed by atoms with E-state index in [1.165, 1.54) is 0 Å². The number of sulfone groups is 1. The summed E-state index contributed by atoms with van der Waals surface area (Å²) in [5, 5.41) is 0. The molecule has 64 valence electrons. The van der Waals surface area contributed by atoms with Gasteiger partial charge in [0, 0.05) is 0 Å².